The third-order valence-electron chi connectivity index (χ3n) is 4.72. The molecule has 0 radical (unpaired) electrons. The Labute approximate surface area is 205 Å². The van der Waals surface area contributed by atoms with Crippen LogP contribution in [0.2, 0.25) is 10.0 Å². The zero-order chi connectivity index (χ0) is 23.4. The number of anilines is 1. The minimum absolute atomic E-state index is 0.274. The molecular weight excluding hydrogens is 481 g/mol. The minimum Gasteiger partial charge on any atom is -0.490 e. The van der Waals surface area contributed by atoms with E-state index in [9.17, 15) is 9.59 Å². The Hall–Kier alpha value is -2.93. The average molecular weight is 500 g/mol. The summed E-state index contributed by atoms with van der Waals surface area (Å²) in [6.45, 7) is 2.60. The Morgan fingerprint density at radius 1 is 0.970 bits per heavy atom. The van der Waals surface area contributed by atoms with E-state index in [1.54, 1.807) is 42.5 Å². The molecule has 4 rings (SSSR count). The lowest BCUT2D eigenvalue weighted by atomic mass is 10.1. The maximum atomic E-state index is 12.9. The minimum atomic E-state index is -0.425. The van der Waals surface area contributed by atoms with Gasteiger partial charge in [0.2, 0.25) is 0 Å². The number of ether oxygens (including phenoxy) is 2. The number of hydrogen-bond acceptors (Lipinski definition) is 5. The molecule has 168 valence electrons. The highest BCUT2D eigenvalue weighted by Crippen LogP contribution is 2.40. The zero-order valence-electron chi connectivity index (χ0n) is 17.6. The molecule has 0 aromatic heterocycles. The molecule has 3 aromatic rings. The molecule has 0 bridgehead atoms. The van der Waals surface area contributed by atoms with Crippen molar-refractivity contribution in [2.24, 2.45) is 0 Å². The molecule has 33 heavy (non-hydrogen) atoms. The van der Waals surface area contributed by atoms with Gasteiger partial charge in [0.05, 0.1) is 22.2 Å². The van der Waals surface area contributed by atoms with Crippen molar-refractivity contribution in [1.82, 2.24) is 0 Å². The predicted octanol–water partition coefficient (Wildman–Crippen LogP) is 7.21. The molecule has 0 saturated carbocycles. The highest BCUT2D eigenvalue weighted by Gasteiger charge is 2.36. The smallest absolute Gasteiger partial charge is 0.298 e. The summed E-state index contributed by atoms with van der Waals surface area (Å²) in [5.41, 5.74) is 2.04. The number of nitrogens with zero attached hydrogens (tertiary/aromatic N) is 1. The van der Waals surface area contributed by atoms with Crippen LogP contribution in [0.5, 0.6) is 11.5 Å². The number of thioether (sulfide) groups is 1. The lowest BCUT2D eigenvalue weighted by molar-refractivity contribution is -0.113. The first-order valence-electron chi connectivity index (χ1n) is 10.1. The number of carbonyl (C=O) groups is 2. The zero-order valence-corrected chi connectivity index (χ0v) is 19.9. The summed E-state index contributed by atoms with van der Waals surface area (Å²) in [6.07, 6.45) is 1.62. The first-order chi connectivity index (χ1) is 16.0. The Balaban J connectivity index is 1.61. The molecule has 0 N–H and O–H groups in total. The first-order valence-corrected chi connectivity index (χ1v) is 11.7. The molecule has 2 amide bonds. The number of imide groups is 1. The van der Waals surface area contributed by atoms with Crippen LogP contribution in [0.3, 0.4) is 0 Å². The van der Waals surface area contributed by atoms with E-state index in [1.807, 2.05) is 37.3 Å². The van der Waals surface area contributed by atoms with Crippen LogP contribution < -0.4 is 14.4 Å². The van der Waals surface area contributed by atoms with Gasteiger partial charge in [0, 0.05) is 5.02 Å². The van der Waals surface area contributed by atoms with Gasteiger partial charge in [-0.25, -0.2) is 4.90 Å². The molecule has 1 aliphatic heterocycles. The Morgan fingerprint density at radius 3 is 2.48 bits per heavy atom. The largest absolute Gasteiger partial charge is 0.490 e. The van der Waals surface area contributed by atoms with E-state index >= 15 is 0 Å². The molecule has 1 heterocycles. The Kier molecular flexibility index (Phi) is 7.28. The lowest BCUT2D eigenvalue weighted by Gasteiger charge is -2.15. The van der Waals surface area contributed by atoms with Gasteiger partial charge in [0.15, 0.2) is 11.5 Å². The van der Waals surface area contributed by atoms with E-state index in [0.29, 0.717) is 46.0 Å². The summed E-state index contributed by atoms with van der Waals surface area (Å²) in [7, 11) is 0. The van der Waals surface area contributed by atoms with Crippen LogP contribution in [-0.4, -0.2) is 17.8 Å². The van der Waals surface area contributed by atoms with Gasteiger partial charge in [-0.1, -0.05) is 59.6 Å². The van der Waals surface area contributed by atoms with Gasteiger partial charge < -0.3 is 9.47 Å². The quantitative estimate of drug-likeness (QED) is 0.321. The molecule has 3 aromatic carbocycles. The van der Waals surface area contributed by atoms with E-state index < -0.39 is 11.1 Å². The summed E-state index contributed by atoms with van der Waals surface area (Å²) in [5, 5.41) is 0.388. The molecule has 0 aliphatic carbocycles. The molecule has 1 saturated heterocycles. The van der Waals surface area contributed by atoms with Crippen LogP contribution in [0, 0.1) is 0 Å². The monoisotopic (exact) mass is 499 g/mol. The molecule has 1 aliphatic rings. The van der Waals surface area contributed by atoms with Gasteiger partial charge in [-0.2, -0.15) is 0 Å². The molecule has 0 atom stereocenters. The number of halogens is 2. The highest BCUT2D eigenvalue weighted by atomic mass is 35.5. The summed E-state index contributed by atoms with van der Waals surface area (Å²) < 4.78 is 11.7. The topological polar surface area (TPSA) is 55.8 Å². The molecular formula is C25H19Cl2NO4S. The van der Waals surface area contributed by atoms with E-state index in [0.717, 1.165) is 22.2 Å². The van der Waals surface area contributed by atoms with Crippen LogP contribution >= 0.6 is 35.0 Å². The summed E-state index contributed by atoms with van der Waals surface area (Å²) in [6, 6.07) is 19.7. The van der Waals surface area contributed by atoms with E-state index in [1.165, 1.54) is 0 Å². The second-order valence-corrected chi connectivity index (χ2v) is 8.87. The van der Waals surface area contributed by atoms with Gasteiger partial charge in [-0.15, -0.1) is 0 Å². The standard InChI is InChI=1S/C25H19Cl2NO4S/c1-2-31-21-12-17(11-20(27)23(21)32-15-16-7-4-3-5-8-16)13-22-24(29)28(25(30)33-22)19-10-6-9-18(26)14-19/h3-14H,2,15H2,1H3/b22-13+. The predicted molar refractivity (Wildman–Crippen MR) is 133 cm³/mol. The molecule has 1 fully saturated rings. The van der Waals surface area contributed by atoms with Crippen LogP contribution in [-0.2, 0) is 11.4 Å². The van der Waals surface area contributed by atoms with Crippen molar-refractivity contribution in [3.8, 4) is 11.5 Å². The Bertz CT molecular complexity index is 1230. The summed E-state index contributed by atoms with van der Waals surface area (Å²) in [5.74, 6) is 0.457. The maximum Gasteiger partial charge on any atom is 0.298 e. The first kappa shape index (κ1) is 23.2. The fourth-order valence-corrected chi connectivity index (χ4v) is 4.56. The van der Waals surface area contributed by atoms with Crippen molar-refractivity contribution in [2.75, 3.05) is 11.5 Å². The highest BCUT2D eigenvalue weighted by molar-refractivity contribution is 8.19. The Morgan fingerprint density at radius 2 is 1.76 bits per heavy atom. The van der Waals surface area contributed by atoms with Crippen LogP contribution in [0.15, 0.2) is 71.6 Å². The van der Waals surface area contributed by atoms with Gasteiger partial charge in [0.1, 0.15) is 6.61 Å². The molecule has 0 spiro atoms. The van der Waals surface area contributed by atoms with Gasteiger partial charge in [-0.05, 0) is 66.2 Å². The van der Waals surface area contributed by atoms with Crippen molar-refractivity contribution in [1.29, 1.82) is 0 Å². The number of rotatable bonds is 7. The van der Waals surface area contributed by atoms with Gasteiger partial charge in [0.25, 0.3) is 11.1 Å². The summed E-state index contributed by atoms with van der Waals surface area (Å²) in [4.78, 5) is 26.8. The number of amides is 2. The average Bonchev–Trinajstić information content (AvgIpc) is 3.07. The number of hydrogen-bond donors (Lipinski definition) is 0. The van der Waals surface area contributed by atoms with Crippen LogP contribution in [0.1, 0.15) is 18.1 Å². The molecule has 8 heteroatoms. The van der Waals surface area contributed by atoms with Crippen molar-refractivity contribution < 1.29 is 19.1 Å². The molecule has 0 unspecified atom stereocenters. The van der Waals surface area contributed by atoms with Gasteiger partial charge >= 0.3 is 0 Å². The van der Waals surface area contributed by atoms with Crippen molar-refractivity contribution in [3.63, 3.8) is 0 Å². The fourth-order valence-electron chi connectivity index (χ4n) is 3.26. The lowest BCUT2D eigenvalue weighted by Crippen LogP contribution is -2.27. The molecule has 5 nitrogen and oxygen atoms in total. The number of benzene rings is 3. The van der Waals surface area contributed by atoms with Crippen LogP contribution in [0.4, 0.5) is 10.5 Å². The second-order valence-electron chi connectivity index (χ2n) is 7.03. The normalized spacial score (nSPS) is 14.8. The SMILES string of the molecule is CCOc1cc(/C=C2/SC(=O)N(c3cccc(Cl)c3)C2=O)cc(Cl)c1OCc1ccccc1. The fraction of sp³-hybridized carbons (Fsp3) is 0.120. The van der Waals surface area contributed by atoms with Gasteiger partial charge in [-0.3, -0.25) is 9.59 Å². The van der Waals surface area contributed by atoms with E-state index in [2.05, 4.69) is 0 Å². The maximum absolute atomic E-state index is 12.9. The van der Waals surface area contributed by atoms with E-state index in [4.69, 9.17) is 32.7 Å². The van der Waals surface area contributed by atoms with Crippen molar-refractivity contribution in [3.05, 3.63) is 92.8 Å². The van der Waals surface area contributed by atoms with E-state index in [-0.39, 0.29) is 4.91 Å². The van der Waals surface area contributed by atoms with Crippen LogP contribution in [0.25, 0.3) is 6.08 Å². The van der Waals surface area contributed by atoms with Crippen molar-refractivity contribution >= 4 is 57.9 Å². The summed E-state index contributed by atoms with van der Waals surface area (Å²) >= 11 is 13.4. The third-order valence-corrected chi connectivity index (χ3v) is 6.10. The van der Waals surface area contributed by atoms with Crippen molar-refractivity contribution in [2.45, 2.75) is 13.5 Å². The number of carbonyl (C=O) groups excluding carboxylic acids is 2. The third kappa shape index (κ3) is 5.36. The second kappa shape index (κ2) is 10.3.